The van der Waals surface area contributed by atoms with Crippen LogP contribution in [0.5, 0.6) is 0 Å². The minimum atomic E-state index is 0.414. The lowest BCUT2D eigenvalue weighted by Crippen LogP contribution is -2.30. The highest BCUT2D eigenvalue weighted by Crippen LogP contribution is 2.34. The third kappa shape index (κ3) is 1.76. The van der Waals surface area contributed by atoms with Crippen molar-refractivity contribution in [2.75, 3.05) is 18.8 Å². The molecule has 2 nitrogen and oxygen atoms in total. The number of rotatable bonds is 1. The van der Waals surface area contributed by atoms with E-state index in [-0.39, 0.29) is 0 Å². The average molecular weight is 208 g/mol. The Bertz CT molecular complexity index is 284. The maximum Gasteiger partial charge on any atom is 0.0977 e. The van der Waals surface area contributed by atoms with Crippen LogP contribution >= 0.6 is 11.8 Å². The van der Waals surface area contributed by atoms with Gasteiger partial charge in [-0.1, -0.05) is 0 Å². The van der Waals surface area contributed by atoms with Gasteiger partial charge in [0, 0.05) is 29.8 Å². The molecule has 1 fully saturated rings. The van der Waals surface area contributed by atoms with E-state index in [9.17, 15) is 0 Å². The van der Waals surface area contributed by atoms with Crippen molar-refractivity contribution in [3.63, 3.8) is 0 Å². The van der Waals surface area contributed by atoms with Crippen LogP contribution in [0.15, 0.2) is 11.3 Å². The van der Waals surface area contributed by atoms with Crippen LogP contribution in [0.2, 0.25) is 0 Å². The van der Waals surface area contributed by atoms with Gasteiger partial charge in [0.1, 0.15) is 0 Å². The van der Waals surface area contributed by atoms with Crippen LogP contribution in [0.3, 0.4) is 0 Å². The fourth-order valence-corrected chi connectivity index (χ4v) is 3.28. The van der Waals surface area contributed by atoms with Crippen molar-refractivity contribution in [1.29, 1.82) is 5.26 Å². The van der Waals surface area contributed by atoms with E-state index in [4.69, 9.17) is 5.26 Å². The summed E-state index contributed by atoms with van der Waals surface area (Å²) < 4.78 is 0. The molecule has 14 heavy (non-hydrogen) atoms. The van der Waals surface area contributed by atoms with Gasteiger partial charge >= 0.3 is 0 Å². The summed E-state index contributed by atoms with van der Waals surface area (Å²) in [5.74, 6) is 1.05. The molecule has 2 rings (SSSR count). The van der Waals surface area contributed by atoms with Crippen LogP contribution < -0.4 is 0 Å². The smallest absolute Gasteiger partial charge is 0.0977 e. The molecule has 1 saturated heterocycles. The highest BCUT2D eigenvalue weighted by Gasteiger charge is 2.26. The minimum absolute atomic E-state index is 0.414. The summed E-state index contributed by atoms with van der Waals surface area (Å²) in [5.41, 5.74) is 2.35. The molecule has 0 aromatic heterocycles. The summed E-state index contributed by atoms with van der Waals surface area (Å²) in [4.78, 5) is 2.43. The third-order valence-electron chi connectivity index (χ3n) is 3.05. The first kappa shape index (κ1) is 9.92. The summed E-state index contributed by atoms with van der Waals surface area (Å²) in [6.45, 7) is 4.46. The van der Waals surface area contributed by atoms with E-state index in [0.29, 0.717) is 5.25 Å². The van der Waals surface area contributed by atoms with E-state index in [1.54, 1.807) is 0 Å². The van der Waals surface area contributed by atoms with E-state index < -0.39 is 0 Å². The highest BCUT2D eigenvalue weighted by atomic mass is 32.2. The van der Waals surface area contributed by atoms with Gasteiger partial charge in [-0.25, -0.2) is 0 Å². The molecule has 0 aliphatic carbocycles. The molecule has 0 spiro atoms. The number of piperidine rings is 1. The van der Waals surface area contributed by atoms with Gasteiger partial charge in [0.2, 0.25) is 0 Å². The van der Waals surface area contributed by atoms with Gasteiger partial charge in [-0.05, 0) is 26.2 Å². The Balaban J connectivity index is 2.15. The van der Waals surface area contributed by atoms with Gasteiger partial charge in [-0.15, -0.1) is 11.8 Å². The number of hydrogen-bond donors (Lipinski definition) is 0. The van der Waals surface area contributed by atoms with Crippen molar-refractivity contribution >= 4 is 11.8 Å². The molecule has 0 amide bonds. The van der Waals surface area contributed by atoms with E-state index in [2.05, 4.69) is 17.9 Å². The maximum atomic E-state index is 9.09. The Morgan fingerprint density at radius 3 is 2.71 bits per heavy atom. The predicted molar refractivity (Wildman–Crippen MR) is 60.0 cm³/mol. The molecule has 0 bridgehead atoms. The summed E-state index contributed by atoms with van der Waals surface area (Å²) in [6, 6.07) is 2.38. The third-order valence-corrected chi connectivity index (χ3v) is 4.22. The Morgan fingerprint density at radius 2 is 2.07 bits per heavy atom. The van der Waals surface area contributed by atoms with Crippen LogP contribution in [0.1, 0.15) is 26.2 Å². The molecule has 76 valence electrons. The summed E-state index contributed by atoms with van der Waals surface area (Å²) in [7, 11) is 0. The van der Waals surface area contributed by atoms with E-state index in [1.807, 2.05) is 11.8 Å². The van der Waals surface area contributed by atoms with Crippen LogP contribution in [-0.2, 0) is 0 Å². The van der Waals surface area contributed by atoms with Crippen LogP contribution in [0.25, 0.3) is 0 Å². The fourth-order valence-electron chi connectivity index (χ4n) is 2.18. The Labute approximate surface area is 90.0 Å². The highest BCUT2D eigenvalue weighted by molar-refractivity contribution is 8.00. The summed E-state index contributed by atoms with van der Waals surface area (Å²) in [5, 5.41) is 9.50. The number of nitriles is 1. The SMILES string of the molecule is CC1SCC(N2CCCCC2)=C1C#N. The second kappa shape index (κ2) is 4.27. The normalized spacial score (nSPS) is 28.0. The van der Waals surface area contributed by atoms with Crippen molar-refractivity contribution in [3.8, 4) is 6.07 Å². The number of nitrogens with zero attached hydrogens (tertiary/aromatic N) is 2. The van der Waals surface area contributed by atoms with Crippen molar-refractivity contribution in [1.82, 2.24) is 4.90 Å². The first-order valence-corrected chi connectivity index (χ1v) is 6.37. The number of hydrogen-bond acceptors (Lipinski definition) is 3. The average Bonchev–Trinajstić information content (AvgIpc) is 2.61. The lowest BCUT2D eigenvalue weighted by Gasteiger charge is -2.29. The molecule has 1 atom stereocenters. The Morgan fingerprint density at radius 1 is 1.36 bits per heavy atom. The molecule has 2 heterocycles. The van der Waals surface area contributed by atoms with E-state index in [1.165, 1.54) is 25.0 Å². The Kier molecular flexibility index (Phi) is 3.02. The first-order chi connectivity index (χ1) is 6.83. The van der Waals surface area contributed by atoms with Gasteiger partial charge in [0.15, 0.2) is 0 Å². The van der Waals surface area contributed by atoms with Crippen molar-refractivity contribution in [3.05, 3.63) is 11.3 Å². The van der Waals surface area contributed by atoms with Gasteiger partial charge in [0.05, 0.1) is 11.6 Å². The quantitative estimate of drug-likeness (QED) is 0.662. The second-order valence-electron chi connectivity index (χ2n) is 3.97. The van der Waals surface area contributed by atoms with Gasteiger partial charge < -0.3 is 4.90 Å². The van der Waals surface area contributed by atoms with Crippen molar-refractivity contribution in [2.45, 2.75) is 31.4 Å². The van der Waals surface area contributed by atoms with E-state index in [0.717, 1.165) is 24.4 Å². The van der Waals surface area contributed by atoms with Gasteiger partial charge in [-0.2, -0.15) is 5.26 Å². The topological polar surface area (TPSA) is 27.0 Å². The first-order valence-electron chi connectivity index (χ1n) is 5.32. The lowest BCUT2D eigenvalue weighted by atomic mass is 10.1. The van der Waals surface area contributed by atoms with Crippen LogP contribution in [0, 0.1) is 11.3 Å². The molecule has 2 aliphatic rings. The molecule has 0 N–H and O–H groups in total. The summed E-state index contributed by atoms with van der Waals surface area (Å²) >= 11 is 1.89. The molecule has 0 saturated carbocycles. The minimum Gasteiger partial charge on any atom is -0.373 e. The second-order valence-corrected chi connectivity index (χ2v) is 5.30. The lowest BCUT2D eigenvalue weighted by molar-refractivity contribution is 0.286. The molecule has 3 heteroatoms. The molecule has 0 aromatic rings. The standard InChI is InChI=1S/C11H16N2S/c1-9-10(7-12)11(8-14-9)13-5-3-2-4-6-13/h9H,2-6,8H2,1H3. The molecule has 0 radical (unpaired) electrons. The van der Waals surface area contributed by atoms with Gasteiger partial charge in [-0.3, -0.25) is 0 Å². The summed E-state index contributed by atoms with van der Waals surface area (Å²) in [6.07, 6.45) is 3.94. The number of thioether (sulfide) groups is 1. The van der Waals surface area contributed by atoms with Crippen LogP contribution in [-0.4, -0.2) is 29.0 Å². The predicted octanol–water partition coefficient (Wildman–Crippen LogP) is 2.39. The zero-order valence-corrected chi connectivity index (χ0v) is 9.44. The zero-order valence-electron chi connectivity index (χ0n) is 8.62. The molecule has 0 aromatic carbocycles. The monoisotopic (exact) mass is 208 g/mol. The van der Waals surface area contributed by atoms with Crippen molar-refractivity contribution < 1.29 is 0 Å². The fraction of sp³-hybridized carbons (Fsp3) is 0.727. The molecular formula is C11H16N2S. The molecular weight excluding hydrogens is 192 g/mol. The maximum absolute atomic E-state index is 9.09. The van der Waals surface area contributed by atoms with Gasteiger partial charge in [0.25, 0.3) is 0 Å². The van der Waals surface area contributed by atoms with E-state index >= 15 is 0 Å². The van der Waals surface area contributed by atoms with Crippen molar-refractivity contribution in [2.24, 2.45) is 0 Å². The number of likely N-dealkylation sites (tertiary alicyclic amines) is 1. The molecule has 2 aliphatic heterocycles. The Hall–Kier alpha value is -0.620. The zero-order chi connectivity index (χ0) is 9.97. The largest absolute Gasteiger partial charge is 0.373 e. The molecule has 1 unspecified atom stereocenters. The van der Waals surface area contributed by atoms with Crippen LogP contribution in [0.4, 0.5) is 0 Å².